The van der Waals surface area contributed by atoms with Gasteiger partial charge in [-0.15, -0.1) is 0 Å². The maximum atomic E-state index is 13.6. The summed E-state index contributed by atoms with van der Waals surface area (Å²) in [7, 11) is -3.51. The van der Waals surface area contributed by atoms with Crippen molar-refractivity contribution in [3.63, 3.8) is 0 Å². The third-order valence-electron chi connectivity index (χ3n) is 6.91. The normalized spacial score (nSPS) is 19.9. The van der Waals surface area contributed by atoms with Crippen LogP contribution in [0.15, 0.2) is 36.4 Å². The van der Waals surface area contributed by atoms with Crippen molar-refractivity contribution in [1.29, 1.82) is 0 Å². The Morgan fingerprint density at radius 2 is 1.69 bits per heavy atom. The summed E-state index contributed by atoms with van der Waals surface area (Å²) in [5, 5.41) is 0. The summed E-state index contributed by atoms with van der Waals surface area (Å²) in [4.78, 5) is 31.2. The van der Waals surface area contributed by atoms with E-state index in [0.29, 0.717) is 62.6 Å². The van der Waals surface area contributed by atoms with Crippen LogP contribution in [0.4, 0.5) is 21.9 Å². The van der Waals surface area contributed by atoms with E-state index >= 15 is 0 Å². The lowest BCUT2D eigenvalue weighted by Crippen LogP contribution is -2.49. The van der Waals surface area contributed by atoms with Gasteiger partial charge in [0.1, 0.15) is 6.61 Å². The Morgan fingerprint density at radius 3 is 2.31 bits per heavy atom. The van der Waals surface area contributed by atoms with Gasteiger partial charge in [0.25, 0.3) is 5.91 Å². The molecule has 2 aromatic rings. The second-order valence-electron chi connectivity index (χ2n) is 9.28. The number of carbonyl (C=O) groups excluding carboxylic acids is 2. The number of hydrogen-bond acceptors (Lipinski definition) is 6. The molecule has 2 aromatic carbocycles. The smallest absolute Gasteiger partial charge is 0.414 e. The molecule has 0 aliphatic carbocycles. The van der Waals surface area contributed by atoms with E-state index in [1.807, 2.05) is 0 Å². The van der Waals surface area contributed by atoms with Crippen LogP contribution in [0.1, 0.15) is 27.9 Å². The van der Waals surface area contributed by atoms with Gasteiger partial charge in [-0.25, -0.2) is 13.2 Å². The van der Waals surface area contributed by atoms with Crippen LogP contribution < -0.4 is 14.1 Å². The quantitative estimate of drug-likeness (QED) is 0.644. The van der Waals surface area contributed by atoms with E-state index in [0.717, 1.165) is 0 Å². The van der Waals surface area contributed by atoms with Gasteiger partial charge in [-0.2, -0.15) is 0 Å². The number of carbonyl (C=O) groups is 2. The third-order valence-corrected chi connectivity index (χ3v) is 8.77. The van der Waals surface area contributed by atoms with Gasteiger partial charge in [-0.1, -0.05) is 17.7 Å². The molecule has 3 fully saturated rings. The molecule has 3 aliphatic heterocycles. The van der Waals surface area contributed by atoms with E-state index in [4.69, 9.17) is 4.74 Å². The minimum absolute atomic E-state index is 0.0468. The van der Waals surface area contributed by atoms with Gasteiger partial charge < -0.3 is 14.5 Å². The lowest BCUT2D eigenvalue weighted by Gasteiger charge is -2.37. The molecule has 10 heteroatoms. The van der Waals surface area contributed by atoms with E-state index in [2.05, 4.69) is 36.9 Å². The van der Waals surface area contributed by atoms with Crippen LogP contribution in [0.2, 0.25) is 0 Å². The number of sulfonamides is 1. The van der Waals surface area contributed by atoms with Crippen LogP contribution in [0.25, 0.3) is 0 Å². The van der Waals surface area contributed by atoms with Crippen molar-refractivity contribution in [3.8, 4) is 0 Å². The first-order valence-electron chi connectivity index (χ1n) is 11.9. The standard InChI is InChI=1S/C25H30N4O5S/c1-18-4-7-22(19(2)16-18)26-9-11-27(12-10-26)24(30)21-6-5-20(28-13-14-34-25(28)31)17-23(21)29-8-3-15-35(29,32)33/h4-7,16-17H,3,8-15H2,1-2H3. The maximum absolute atomic E-state index is 13.6. The summed E-state index contributed by atoms with van der Waals surface area (Å²) in [5.41, 5.74) is 4.81. The zero-order chi connectivity index (χ0) is 24.7. The van der Waals surface area contributed by atoms with Gasteiger partial charge in [0.05, 0.1) is 23.5 Å². The highest BCUT2D eigenvalue weighted by atomic mass is 32.2. The van der Waals surface area contributed by atoms with Crippen molar-refractivity contribution in [2.75, 3.05) is 65.7 Å². The summed E-state index contributed by atoms with van der Waals surface area (Å²) in [5.74, 6) is -0.150. The molecule has 186 valence electrons. The zero-order valence-electron chi connectivity index (χ0n) is 20.1. The molecule has 0 atom stereocenters. The van der Waals surface area contributed by atoms with Gasteiger partial charge in [-0.05, 0) is 50.1 Å². The average molecular weight is 499 g/mol. The van der Waals surface area contributed by atoms with E-state index < -0.39 is 16.1 Å². The molecule has 0 radical (unpaired) electrons. The van der Waals surface area contributed by atoms with Gasteiger partial charge in [0, 0.05) is 44.1 Å². The number of hydrogen-bond donors (Lipinski definition) is 0. The second-order valence-corrected chi connectivity index (χ2v) is 11.3. The van der Waals surface area contributed by atoms with E-state index in [1.54, 1.807) is 23.1 Å². The summed E-state index contributed by atoms with van der Waals surface area (Å²) >= 11 is 0. The number of nitrogens with zero attached hydrogens (tertiary/aromatic N) is 4. The fourth-order valence-corrected chi connectivity index (χ4v) is 6.67. The van der Waals surface area contributed by atoms with Crippen molar-refractivity contribution in [2.45, 2.75) is 20.3 Å². The highest BCUT2D eigenvalue weighted by Crippen LogP contribution is 2.34. The Bertz CT molecular complexity index is 1270. The Morgan fingerprint density at radius 1 is 0.914 bits per heavy atom. The number of benzene rings is 2. The molecule has 0 N–H and O–H groups in total. The van der Waals surface area contributed by atoms with Crippen molar-refractivity contribution in [1.82, 2.24) is 4.90 Å². The van der Waals surface area contributed by atoms with Gasteiger partial charge >= 0.3 is 6.09 Å². The molecular formula is C25H30N4O5S. The SMILES string of the molecule is Cc1ccc(N2CCN(C(=O)c3ccc(N4CCOC4=O)cc3N3CCCS3(=O)=O)CC2)c(C)c1. The molecule has 0 saturated carbocycles. The topological polar surface area (TPSA) is 90.5 Å². The number of amides is 2. The number of rotatable bonds is 4. The number of ether oxygens (including phenoxy) is 1. The highest BCUT2D eigenvalue weighted by molar-refractivity contribution is 7.93. The van der Waals surface area contributed by atoms with Crippen LogP contribution in [-0.4, -0.2) is 76.9 Å². The number of cyclic esters (lactones) is 1. The molecule has 35 heavy (non-hydrogen) atoms. The minimum atomic E-state index is -3.51. The van der Waals surface area contributed by atoms with Crippen molar-refractivity contribution in [2.24, 2.45) is 0 Å². The lowest BCUT2D eigenvalue weighted by atomic mass is 10.1. The van der Waals surface area contributed by atoms with Gasteiger partial charge in [0.2, 0.25) is 10.0 Å². The largest absolute Gasteiger partial charge is 0.447 e. The Kier molecular flexibility index (Phi) is 6.08. The number of aryl methyl sites for hydroxylation is 2. The summed E-state index contributed by atoms with van der Waals surface area (Å²) in [6, 6.07) is 11.4. The van der Waals surface area contributed by atoms with Crippen LogP contribution in [0.5, 0.6) is 0 Å². The van der Waals surface area contributed by atoms with Gasteiger partial charge in [0.15, 0.2) is 0 Å². The van der Waals surface area contributed by atoms with Crippen molar-refractivity contribution in [3.05, 3.63) is 53.1 Å². The van der Waals surface area contributed by atoms with Crippen LogP contribution >= 0.6 is 0 Å². The van der Waals surface area contributed by atoms with E-state index in [-0.39, 0.29) is 18.3 Å². The Balaban J connectivity index is 1.40. The average Bonchev–Trinajstić information content (AvgIpc) is 3.42. The highest BCUT2D eigenvalue weighted by Gasteiger charge is 2.34. The van der Waals surface area contributed by atoms with Crippen LogP contribution in [0, 0.1) is 13.8 Å². The first kappa shape index (κ1) is 23.5. The zero-order valence-corrected chi connectivity index (χ0v) is 20.9. The summed E-state index contributed by atoms with van der Waals surface area (Å²) in [6.45, 7) is 7.63. The molecule has 2 amide bonds. The molecule has 0 spiro atoms. The molecule has 0 bridgehead atoms. The third kappa shape index (κ3) is 4.42. The predicted molar refractivity (Wildman–Crippen MR) is 135 cm³/mol. The Labute approximate surface area is 205 Å². The van der Waals surface area contributed by atoms with Crippen LogP contribution in [0.3, 0.4) is 0 Å². The van der Waals surface area contributed by atoms with Crippen LogP contribution in [-0.2, 0) is 14.8 Å². The van der Waals surface area contributed by atoms with Crippen molar-refractivity contribution >= 4 is 39.1 Å². The fourth-order valence-electron chi connectivity index (χ4n) is 5.09. The maximum Gasteiger partial charge on any atom is 0.414 e. The Hall–Kier alpha value is -3.27. The minimum Gasteiger partial charge on any atom is -0.447 e. The second kappa shape index (κ2) is 9.07. The molecule has 5 rings (SSSR count). The summed E-state index contributed by atoms with van der Waals surface area (Å²) in [6.07, 6.45) is 0.0300. The molecule has 3 saturated heterocycles. The van der Waals surface area contributed by atoms with Gasteiger partial charge in [-0.3, -0.25) is 14.0 Å². The van der Waals surface area contributed by atoms with Crippen molar-refractivity contribution < 1.29 is 22.7 Å². The first-order chi connectivity index (χ1) is 16.7. The molecule has 0 aromatic heterocycles. The summed E-state index contributed by atoms with van der Waals surface area (Å²) < 4.78 is 31.9. The fraction of sp³-hybridized carbons (Fsp3) is 0.440. The molecule has 9 nitrogen and oxygen atoms in total. The predicted octanol–water partition coefficient (Wildman–Crippen LogP) is 2.76. The molecule has 0 unspecified atom stereocenters. The number of anilines is 3. The monoisotopic (exact) mass is 498 g/mol. The lowest BCUT2D eigenvalue weighted by molar-refractivity contribution is 0.0747. The molecule has 3 heterocycles. The first-order valence-corrected chi connectivity index (χ1v) is 13.6. The molecular weight excluding hydrogens is 468 g/mol. The van der Waals surface area contributed by atoms with E-state index in [9.17, 15) is 18.0 Å². The van der Waals surface area contributed by atoms with E-state index in [1.165, 1.54) is 26.0 Å². The number of piperazine rings is 1. The molecule has 3 aliphatic rings.